The topological polar surface area (TPSA) is 41.6 Å². The molecule has 2 aliphatic rings. The maximum absolute atomic E-state index is 12.0. The van der Waals surface area contributed by atoms with E-state index in [0.717, 1.165) is 36.1 Å². The van der Waals surface area contributed by atoms with Crippen molar-refractivity contribution in [1.29, 1.82) is 0 Å². The van der Waals surface area contributed by atoms with Crippen LogP contribution in [0.2, 0.25) is 0 Å². The third kappa shape index (κ3) is 1.91. The third-order valence-corrected chi connectivity index (χ3v) is 4.22. The lowest BCUT2D eigenvalue weighted by Gasteiger charge is -2.38. The van der Waals surface area contributed by atoms with Crippen LogP contribution in [0.1, 0.15) is 12.8 Å². The number of hydrogen-bond donors (Lipinski definition) is 1. The Labute approximate surface area is 114 Å². The molecular formula is C13H15BrN2O2. The molecule has 0 radical (unpaired) electrons. The molecule has 0 bridgehead atoms. The highest BCUT2D eigenvalue weighted by Crippen LogP contribution is 2.37. The van der Waals surface area contributed by atoms with E-state index in [0.29, 0.717) is 6.61 Å². The van der Waals surface area contributed by atoms with Gasteiger partial charge in [0.05, 0.1) is 5.54 Å². The van der Waals surface area contributed by atoms with Crippen molar-refractivity contribution in [2.45, 2.75) is 18.4 Å². The maximum atomic E-state index is 12.0. The molecule has 5 heteroatoms. The van der Waals surface area contributed by atoms with Crippen molar-refractivity contribution >= 4 is 27.7 Å². The lowest BCUT2D eigenvalue weighted by molar-refractivity contribution is 0.167. The quantitative estimate of drug-likeness (QED) is 0.866. The second kappa shape index (κ2) is 4.55. The van der Waals surface area contributed by atoms with Gasteiger partial charge in [0.1, 0.15) is 6.61 Å². The summed E-state index contributed by atoms with van der Waals surface area (Å²) < 4.78 is 6.27. The maximum Gasteiger partial charge on any atom is 0.415 e. The van der Waals surface area contributed by atoms with E-state index < -0.39 is 0 Å². The largest absolute Gasteiger partial charge is 0.447 e. The number of halogens is 1. The number of ether oxygens (including phenoxy) is 1. The van der Waals surface area contributed by atoms with Gasteiger partial charge in [-0.2, -0.15) is 0 Å². The van der Waals surface area contributed by atoms with Crippen molar-refractivity contribution in [3.05, 3.63) is 28.7 Å². The zero-order valence-corrected chi connectivity index (χ0v) is 11.6. The second-order valence-corrected chi connectivity index (χ2v) is 5.76. The van der Waals surface area contributed by atoms with E-state index in [1.165, 1.54) is 0 Å². The molecule has 4 nitrogen and oxygen atoms in total. The molecule has 96 valence electrons. The molecule has 1 spiro atoms. The van der Waals surface area contributed by atoms with E-state index in [1.54, 1.807) is 0 Å². The minimum Gasteiger partial charge on any atom is -0.447 e. The number of nitrogens with one attached hydrogen (secondary N) is 1. The standard InChI is InChI=1S/C13H15BrN2O2/c14-10-2-1-3-11(8-10)16-12(17)18-9-13(16)4-6-15-7-5-13/h1-3,8,15H,4-7,9H2. The normalized spacial score (nSPS) is 22.3. The minimum atomic E-state index is -0.227. The van der Waals surface area contributed by atoms with Crippen LogP contribution in [0.3, 0.4) is 0 Å². The van der Waals surface area contributed by atoms with Gasteiger partial charge in [-0.05, 0) is 44.1 Å². The molecule has 1 aromatic rings. The fourth-order valence-electron chi connectivity index (χ4n) is 2.77. The molecule has 18 heavy (non-hydrogen) atoms. The second-order valence-electron chi connectivity index (χ2n) is 4.84. The van der Waals surface area contributed by atoms with Gasteiger partial charge in [-0.3, -0.25) is 4.90 Å². The number of carbonyl (C=O) groups is 1. The molecule has 1 aromatic carbocycles. The Morgan fingerprint density at radius 2 is 2.11 bits per heavy atom. The molecule has 0 aromatic heterocycles. The number of benzene rings is 1. The molecule has 2 saturated heterocycles. The average molecular weight is 311 g/mol. The highest BCUT2D eigenvalue weighted by Gasteiger charge is 2.48. The number of piperidine rings is 1. The van der Waals surface area contributed by atoms with Crippen LogP contribution in [0.4, 0.5) is 10.5 Å². The fourth-order valence-corrected chi connectivity index (χ4v) is 3.16. The van der Waals surface area contributed by atoms with Crippen molar-refractivity contribution in [3.63, 3.8) is 0 Å². The van der Waals surface area contributed by atoms with Gasteiger partial charge in [-0.25, -0.2) is 4.79 Å². The molecule has 0 unspecified atom stereocenters. The van der Waals surface area contributed by atoms with Crippen molar-refractivity contribution in [1.82, 2.24) is 5.32 Å². The van der Waals surface area contributed by atoms with E-state index >= 15 is 0 Å². The van der Waals surface area contributed by atoms with Gasteiger partial charge in [-0.15, -0.1) is 0 Å². The van der Waals surface area contributed by atoms with Gasteiger partial charge in [0.15, 0.2) is 0 Å². The summed E-state index contributed by atoms with van der Waals surface area (Å²) in [6.07, 6.45) is 1.64. The first-order chi connectivity index (χ1) is 8.71. The molecule has 3 rings (SSSR count). The van der Waals surface area contributed by atoms with Gasteiger partial charge in [0.2, 0.25) is 0 Å². The first kappa shape index (κ1) is 12.0. The highest BCUT2D eigenvalue weighted by atomic mass is 79.9. The van der Waals surface area contributed by atoms with Gasteiger partial charge >= 0.3 is 6.09 Å². The zero-order chi connectivity index (χ0) is 12.6. The Morgan fingerprint density at radius 3 is 2.83 bits per heavy atom. The molecule has 1 N–H and O–H groups in total. The number of anilines is 1. The van der Waals surface area contributed by atoms with Crippen LogP contribution in [0.15, 0.2) is 28.7 Å². The van der Waals surface area contributed by atoms with Crippen LogP contribution in [0.25, 0.3) is 0 Å². The van der Waals surface area contributed by atoms with Crippen molar-refractivity contribution in [2.75, 3.05) is 24.6 Å². The number of carbonyl (C=O) groups excluding carboxylic acids is 1. The average Bonchev–Trinajstić information content (AvgIpc) is 2.67. The third-order valence-electron chi connectivity index (χ3n) is 3.72. The predicted molar refractivity (Wildman–Crippen MR) is 72.8 cm³/mol. The number of rotatable bonds is 1. The summed E-state index contributed by atoms with van der Waals surface area (Å²) in [5.41, 5.74) is 0.747. The van der Waals surface area contributed by atoms with Crippen LogP contribution in [-0.2, 0) is 4.74 Å². The molecular weight excluding hydrogens is 296 g/mol. The number of amides is 1. The summed E-state index contributed by atoms with van der Waals surface area (Å²) in [7, 11) is 0. The van der Waals surface area contributed by atoms with E-state index in [-0.39, 0.29) is 11.6 Å². The molecule has 2 heterocycles. The van der Waals surface area contributed by atoms with Crippen LogP contribution >= 0.6 is 15.9 Å². The van der Waals surface area contributed by atoms with Crippen molar-refractivity contribution < 1.29 is 9.53 Å². The van der Waals surface area contributed by atoms with Crippen molar-refractivity contribution in [2.24, 2.45) is 0 Å². The predicted octanol–water partition coefficient (Wildman–Crippen LogP) is 2.53. The Hall–Kier alpha value is -1.07. The number of nitrogens with zero attached hydrogens (tertiary/aromatic N) is 1. The van der Waals surface area contributed by atoms with E-state index in [2.05, 4.69) is 21.2 Å². The Bertz CT molecular complexity index is 472. The van der Waals surface area contributed by atoms with E-state index in [4.69, 9.17) is 4.74 Å². The summed E-state index contributed by atoms with van der Waals surface area (Å²) in [4.78, 5) is 13.9. The van der Waals surface area contributed by atoms with E-state index in [1.807, 2.05) is 29.2 Å². The molecule has 1 amide bonds. The van der Waals surface area contributed by atoms with Crippen LogP contribution in [0.5, 0.6) is 0 Å². The van der Waals surface area contributed by atoms with Gasteiger partial charge < -0.3 is 10.1 Å². The van der Waals surface area contributed by atoms with Gasteiger partial charge in [0, 0.05) is 10.2 Å². The zero-order valence-electron chi connectivity index (χ0n) is 9.99. The van der Waals surface area contributed by atoms with E-state index in [9.17, 15) is 4.79 Å². The van der Waals surface area contributed by atoms with Gasteiger partial charge in [-0.1, -0.05) is 22.0 Å². The lowest BCUT2D eigenvalue weighted by Crippen LogP contribution is -2.53. The Morgan fingerprint density at radius 1 is 1.33 bits per heavy atom. The Kier molecular flexibility index (Phi) is 3.03. The Balaban J connectivity index is 1.99. The summed E-state index contributed by atoms with van der Waals surface area (Å²) in [5, 5.41) is 3.33. The molecule has 0 saturated carbocycles. The van der Waals surface area contributed by atoms with Crippen LogP contribution in [0, 0.1) is 0 Å². The SMILES string of the molecule is O=C1OCC2(CCNCC2)N1c1cccc(Br)c1. The summed E-state index contributed by atoms with van der Waals surface area (Å²) in [6, 6.07) is 7.83. The first-order valence-corrected chi connectivity index (χ1v) is 6.94. The molecule has 0 atom stereocenters. The van der Waals surface area contributed by atoms with Crippen LogP contribution in [-0.4, -0.2) is 31.3 Å². The van der Waals surface area contributed by atoms with Crippen molar-refractivity contribution in [3.8, 4) is 0 Å². The molecule has 2 aliphatic heterocycles. The highest BCUT2D eigenvalue weighted by molar-refractivity contribution is 9.10. The smallest absolute Gasteiger partial charge is 0.415 e. The lowest BCUT2D eigenvalue weighted by atomic mass is 9.88. The molecule has 0 aliphatic carbocycles. The summed E-state index contributed by atoms with van der Waals surface area (Å²) in [5.74, 6) is 0. The molecule has 2 fully saturated rings. The first-order valence-electron chi connectivity index (χ1n) is 6.15. The number of cyclic esters (lactones) is 1. The summed E-state index contributed by atoms with van der Waals surface area (Å²) >= 11 is 3.45. The minimum absolute atomic E-state index is 0.164. The fraction of sp³-hybridized carbons (Fsp3) is 0.462. The van der Waals surface area contributed by atoms with Crippen LogP contribution < -0.4 is 10.2 Å². The monoisotopic (exact) mass is 310 g/mol. The summed E-state index contributed by atoms with van der Waals surface area (Å²) in [6.45, 7) is 2.36. The number of hydrogen-bond acceptors (Lipinski definition) is 3. The van der Waals surface area contributed by atoms with Gasteiger partial charge in [0.25, 0.3) is 0 Å².